The zero-order valence-corrected chi connectivity index (χ0v) is 6.36. The van der Waals surface area contributed by atoms with Crippen LogP contribution in [0.2, 0.25) is 0 Å². The first kappa shape index (κ1) is 6.65. The van der Waals surface area contributed by atoms with E-state index < -0.39 is 6.17 Å². The van der Waals surface area contributed by atoms with Crippen molar-refractivity contribution in [1.82, 2.24) is 0 Å². The highest BCUT2D eigenvalue weighted by atomic mass is 32.2. The summed E-state index contributed by atoms with van der Waals surface area (Å²) in [5, 5.41) is 0.454. The Morgan fingerprint density at radius 2 is 2.30 bits per heavy atom. The first-order chi connectivity index (χ1) is 4.77. The molecular weight excluding hydrogens is 151 g/mol. The molecule has 0 N–H and O–H groups in total. The summed E-state index contributed by atoms with van der Waals surface area (Å²) in [6.07, 6.45) is 1.27. The molecule has 2 aliphatic heterocycles. The van der Waals surface area contributed by atoms with Crippen LogP contribution in [0.15, 0.2) is 0 Å². The topological polar surface area (TPSA) is 17.1 Å². The van der Waals surface area contributed by atoms with Crippen LogP contribution in [0.3, 0.4) is 0 Å². The quantitative estimate of drug-likeness (QED) is 0.535. The van der Waals surface area contributed by atoms with Gasteiger partial charge >= 0.3 is 0 Å². The minimum Gasteiger partial charge on any atom is -0.296 e. The first-order valence-electron chi connectivity index (χ1n) is 3.59. The van der Waals surface area contributed by atoms with Crippen molar-refractivity contribution in [2.45, 2.75) is 35.9 Å². The molecule has 2 bridgehead atoms. The van der Waals surface area contributed by atoms with Crippen LogP contribution in [0.25, 0.3) is 0 Å². The minimum absolute atomic E-state index is 0.00579. The second kappa shape index (κ2) is 2.22. The molecule has 0 aromatic rings. The zero-order chi connectivity index (χ0) is 7.14. The summed E-state index contributed by atoms with van der Waals surface area (Å²) in [6.45, 7) is 0. The Bertz CT molecular complexity index is 171. The predicted octanol–water partition coefficient (Wildman–Crippen LogP) is 1.56. The number of carbonyl (C=O) groups is 1. The van der Waals surface area contributed by atoms with E-state index in [0.29, 0.717) is 11.7 Å². The lowest BCUT2D eigenvalue weighted by molar-refractivity contribution is -0.123. The van der Waals surface area contributed by atoms with Crippen LogP contribution in [-0.2, 0) is 4.79 Å². The van der Waals surface area contributed by atoms with E-state index in [0.717, 1.165) is 12.8 Å². The minimum atomic E-state index is -1.15. The molecule has 2 saturated heterocycles. The molecule has 1 nitrogen and oxygen atoms in total. The lowest BCUT2D eigenvalue weighted by atomic mass is 10.1. The van der Waals surface area contributed by atoms with Crippen LogP contribution in [0, 0.1) is 0 Å². The van der Waals surface area contributed by atoms with Crippen LogP contribution >= 0.6 is 11.8 Å². The molecule has 0 aromatic carbocycles. The molecule has 0 aliphatic carbocycles. The van der Waals surface area contributed by atoms with E-state index in [4.69, 9.17) is 0 Å². The van der Waals surface area contributed by atoms with Gasteiger partial charge in [-0.2, -0.15) is 11.8 Å². The van der Waals surface area contributed by atoms with Crippen LogP contribution in [0.5, 0.6) is 0 Å². The monoisotopic (exact) mass is 160 g/mol. The Kier molecular flexibility index (Phi) is 1.48. The third-order valence-electron chi connectivity index (χ3n) is 2.20. The highest BCUT2D eigenvalue weighted by Gasteiger charge is 2.41. The third-order valence-corrected chi connectivity index (χ3v) is 3.81. The normalized spacial score (nSPS) is 46.1. The van der Waals surface area contributed by atoms with Crippen molar-refractivity contribution < 1.29 is 9.18 Å². The largest absolute Gasteiger partial charge is 0.296 e. The molecule has 2 rings (SSSR count). The Morgan fingerprint density at radius 1 is 1.50 bits per heavy atom. The highest BCUT2D eigenvalue weighted by molar-refractivity contribution is 8.01. The fraction of sp³-hybridized carbons (Fsp3) is 0.857. The highest BCUT2D eigenvalue weighted by Crippen LogP contribution is 2.43. The van der Waals surface area contributed by atoms with Gasteiger partial charge in [-0.3, -0.25) is 4.79 Å². The van der Waals surface area contributed by atoms with Gasteiger partial charge in [-0.25, -0.2) is 4.39 Å². The van der Waals surface area contributed by atoms with E-state index in [1.165, 1.54) is 0 Å². The number of hydrogen-bond donors (Lipinski definition) is 0. The fourth-order valence-corrected chi connectivity index (χ4v) is 3.23. The summed E-state index contributed by atoms with van der Waals surface area (Å²) in [6, 6.07) is 0. The van der Waals surface area contributed by atoms with Gasteiger partial charge in [0.1, 0.15) is 0 Å². The number of ketones is 1. The molecule has 56 valence electrons. The maximum atomic E-state index is 12.9. The summed E-state index contributed by atoms with van der Waals surface area (Å²) in [5.74, 6) is -0.161. The summed E-state index contributed by atoms with van der Waals surface area (Å²) in [4.78, 5) is 10.9. The zero-order valence-electron chi connectivity index (χ0n) is 5.55. The van der Waals surface area contributed by atoms with Gasteiger partial charge < -0.3 is 0 Å². The number of halogens is 1. The van der Waals surface area contributed by atoms with E-state index in [9.17, 15) is 9.18 Å². The maximum absolute atomic E-state index is 12.9. The first-order valence-corrected chi connectivity index (χ1v) is 4.54. The maximum Gasteiger partial charge on any atom is 0.170 e. The van der Waals surface area contributed by atoms with Gasteiger partial charge in [-0.1, -0.05) is 0 Å². The molecule has 0 amide bonds. The van der Waals surface area contributed by atoms with Crippen molar-refractivity contribution in [3.8, 4) is 0 Å². The number of alkyl halides is 1. The molecule has 2 aliphatic rings. The average Bonchev–Trinajstić information content (AvgIpc) is 2.29. The molecule has 3 atom stereocenters. The van der Waals surface area contributed by atoms with Gasteiger partial charge in [0.25, 0.3) is 0 Å². The van der Waals surface area contributed by atoms with Gasteiger partial charge in [0, 0.05) is 16.9 Å². The number of carbonyl (C=O) groups excluding carboxylic acids is 1. The SMILES string of the molecule is O=C1CC2CCC(S2)C1F. The van der Waals surface area contributed by atoms with Crippen LogP contribution in [0.1, 0.15) is 19.3 Å². The molecule has 0 radical (unpaired) electrons. The lowest BCUT2D eigenvalue weighted by Crippen LogP contribution is -2.30. The van der Waals surface area contributed by atoms with E-state index in [1.54, 1.807) is 11.8 Å². The molecular formula is C7H9FOS. The lowest BCUT2D eigenvalue weighted by Gasteiger charge is -2.20. The fourth-order valence-electron chi connectivity index (χ4n) is 1.64. The smallest absolute Gasteiger partial charge is 0.170 e. The van der Waals surface area contributed by atoms with Crippen LogP contribution in [-0.4, -0.2) is 22.5 Å². The second-order valence-electron chi connectivity index (χ2n) is 2.95. The van der Waals surface area contributed by atoms with Crippen molar-refractivity contribution in [3.63, 3.8) is 0 Å². The molecule has 10 heavy (non-hydrogen) atoms. The molecule has 3 heteroatoms. The predicted molar refractivity (Wildman–Crippen MR) is 38.9 cm³/mol. The molecule has 2 fully saturated rings. The number of Topliss-reactive ketones (excluding diaryl/α,β-unsaturated/α-hetero) is 1. The van der Waals surface area contributed by atoms with Gasteiger partial charge in [-0.15, -0.1) is 0 Å². The number of hydrogen-bond acceptors (Lipinski definition) is 2. The Labute approximate surface area is 63.4 Å². The van der Waals surface area contributed by atoms with Crippen LogP contribution < -0.4 is 0 Å². The summed E-state index contributed by atoms with van der Waals surface area (Å²) in [5.41, 5.74) is 0. The van der Waals surface area contributed by atoms with Crippen molar-refractivity contribution in [1.29, 1.82) is 0 Å². The van der Waals surface area contributed by atoms with Crippen molar-refractivity contribution in [2.75, 3.05) is 0 Å². The van der Waals surface area contributed by atoms with Crippen molar-refractivity contribution in [2.24, 2.45) is 0 Å². The van der Waals surface area contributed by atoms with Gasteiger partial charge in [-0.05, 0) is 12.8 Å². The van der Waals surface area contributed by atoms with E-state index in [-0.39, 0.29) is 11.0 Å². The van der Waals surface area contributed by atoms with Gasteiger partial charge in [0.2, 0.25) is 0 Å². The number of rotatable bonds is 0. The molecule has 0 spiro atoms. The number of fused-ring (bicyclic) bond motifs is 2. The molecule has 0 saturated carbocycles. The van der Waals surface area contributed by atoms with Gasteiger partial charge in [0.05, 0.1) is 0 Å². The van der Waals surface area contributed by atoms with E-state index in [2.05, 4.69) is 0 Å². The second-order valence-corrected chi connectivity index (χ2v) is 4.49. The summed E-state index contributed by atoms with van der Waals surface area (Å²) in [7, 11) is 0. The van der Waals surface area contributed by atoms with E-state index >= 15 is 0 Å². The Hall–Kier alpha value is -0.0500. The Morgan fingerprint density at radius 3 is 3.10 bits per heavy atom. The summed E-state index contributed by atoms with van der Waals surface area (Å²) < 4.78 is 12.9. The van der Waals surface area contributed by atoms with E-state index in [1.807, 2.05) is 0 Å². The molecule has 2 heterocycles. The Balaban J connectivity index is 2.17. The summed E-state index contributed by atoms with van der Waals surface area (Å²) >= 11 is 1.67. The van der Waals surface area contributed by atoms with Gasteiger partial charge in [0.15, 0.2) is 12.0 Å². The van der Waals surface area contributed by atoms with Crippen molar-refractivity contribution >= 4 is 17.5 Å². The van der Waals surface area contributed by atoms with Crippen molar-refractivity contribution in [3.05, 3.63) is 0 Å². The standard InChI is InChI=1S/C7H9FOS/c8-7-5(9)3-4-1-2-6(7)10-4/h4,6-7H,1-3H2. The third kappa shape index (κ3) is 0.875. The molecule has 3 unspecified atom stereocenters. The number of thioether (sulfide) groups is 1. The van der Waals surface area contributed by atoms with Crippen LogP contribution in [0.4, 0.5) is 4.39 Å². The molecule has 0 aromatic heterocycles. The average molecular weight is 160 g/mol.